The fourth-order valence-corrected chi connectivity index (χ4v) is 2.34. The van der Waals surface area contributed by atoms with E-state index in [2.05, 4.69) is 20.6 Å². The van der Waals surface area contributed by atoms with E-state index in [0.29, 0.717) is 23.6 Å². The van der Waals surface area contributed by atoms with Crippen molar-refractivity contribution < 1.29 is 9.59 Å². The van der Waals surface area contributed by atoms with Gasteiger partial charge in [-0.05, 0) is 24.6 Å². The summed E-state index contributed by atoms with van der Waals surface area (Å²) in [6.45, 7) is 2.10. The van der Waals surface area contributed by atoms with Gasteiger partial charge in [0.25, 0.3) is 5.91 Å². The lowest BCUT2D eigenvalue weighted by Crippen LogP contribution is -2.14. The number of benzene rings is 2. The van der Waals surface area contributed by atoms with Crippen LogP contribution < -0.4 is 10.6 Å². The van der Waals surface area contributed by atoms with E-state index in [4.69, 9.17) is 0 Å². The standard InChI is InChI=1S/C20H18N4O2/c1-14(25)16-8-5-9-17(10-16)24-20(26)18-12-23-19(13-21-18)22-11-15-6-3-2-4-7-15/h2-10,12-13H,11H2,1H3,(H,22,23)(H,24,26). The molecule has 6 nitrogen and oxygen atoms in total. The van der Waals surface area contributed by atoms with Crippen LogP contribution in [0, 0.1) is 0 Å². The van der Waals surface area contributed by atoms with Crippen LogP contribution in [0.1, 0.15) is 33.3 Å². The molecule has 0 aliphatic rings. The maximum atomic E-state index is 12.3. The Labute approximate surface area is 151 Å². The lowest BCUT2D eigenvalue weighted by molar-refractivity contribution is 0.100. The summed E-state index contributed by atoms with van der Waals surface area (Å²) in [5.41, 5.74) is 2.40. The van der Waals surface area contributed by atoms with Crippen LogP contribution >= 0.6 is 0 Å². The van der Waals surface area contributed by atoms with Crippen LogP contribution in [0.25, 0.3) is 0 Å². The molecule has 130 valence electrons. The number of carbonyl (C=O) groups excluding carboxylic acids is 2. The Morgan fingerprint density at radius 3 is 2.46 bits per heavy atom. The molecule has 0 fully saturated rings. The Morgan fingerprint density at radius 2 is 1.77 bits per heavy atom. The number of rotatable bonds is 6. The van der Waals surface area contributed by atoms with Gasteiger partial charge in [0.15, 0.2) is 5.78 Å². The van der Waals surface area contributed by atoms with E-state index in [1.807, 2.05) is 30.3 Å². The predicted molar refractivity (Wildman–Crippen MR) is 100 cm³/mol. The number of nitrogens with zero attached hydrogens (tertiary/aromatic N) is 2. The number of carbonyl (C=O) groups is 2. The number of hydrogen-bond acceptors (Lipinski definition) is 5. The largest absolute Gasteiger partial charge is 0.365 e. The van der Waals surface area contributed by atoms with E-state index in [0.717, 1.165) is 5.56 Å². The summed E-state index contributed by atoms with van der Waals surface area (Å²) in [7, 11) is 0. The van der Waals surface area contributed by atoms with Gasteiger partial charge in [-0.3, -0.25) is 9.59 Å². The van der Waals surface area contributed by atoms with E-state index in [1.54, 1.807) is 24.3 Å². The van der Waals surface area contributed by atoms with Crippen LogP contribution in [0.2, 0.25) is 0 Å². The van der Waals surface area contributed by atoms with Crippen molar-refractivity contribution in [3.05, 3.63) is 83.8 Å². The molecule has 0 atom stereocenters. The highest BCUT2D eigenvalue weighted by molar-refractivity contribution is 6.03. The van der Waals surface area contributed by atoms with Crippen LogP contribution in [-0.4, -0.2) is 21.7 Å². The number of anilines is 2. The van der Waals surface area contributed by atoms with Gasteiger partial charge in [0.05, 0.1) is 12.4 Å². The molecule has 0 saturated heterocycles. The first-order valence-electron chi connectivity index (χ1n) is 8.14. The first kappa shape index (κ1) is 17.3. The third kappa shape index (κ3) is 4.51. The molecule has 6 heteroatoms. The molecule has 0 spiro atoms. The second-order valence-corrected chi connectivity index (χ2v) is 5.72. The Kier molecular flexibility index (Phi) is 5.34. The Bertz CT molecular complexity index is 909. The molecule has 2 N–H and O–H groups in total. The molecular formula is C20H18N4O2. The van der Waals surface area contributed by atoms with Gasteiger partial charge in [-0.25, -0.2) is 9.97 Å². The third-order valence-electron chi connectivity index (χ3n) is 3.73. The number of ketones is 1. The zero-order valence-corrected chi connectivity index (χ0v) is 14.3. The molecule has 3 aromatic rings. The zero-order chi connectivity index (χ0) is 18.4. The van der Waals surface area contributed by atoms with Crippen LogP contribution in [-0.2, 0) is 6.54 Å². The smallest absolute Gasteiger partial charge is 0.275 e. The molecule has 1 amide bonds. The summed E-state index contributed by atoms with van der Waals surface area (Å²) >= 11 is 0. The van der Waals surface area contributed by atoms with Crippen LogP contribution in [0.4, 0.5) is 11.5 Å². The topological polar surface area (TPSA) is 84.0 Å². The molecule has 0 aliphatic carbocycles. The summed E-state index contributed by atoms with van der Waals surface area (Å²) in [5.74, 6) is 0.145. The minimum Gasteiger partial charge on any atom is -0.365 e. The van der Waals surface area contributed by atoms with Crippen LogP contribution in [0.15, 0.2) is 67.0 Å². The van der Waals surface area contributed by atoms with Gasteiger partial charge in [0.1, 0.15) is 11.5 Å². The first-order valence-corrected chi connectivity index (χ1v) is 8.14. The van der Waals surface area contributed by atoms with Crippen molar-refractivity contribution in [2.75, 3.05) is 10.6 Å². The fraction of sp³-hybridized carbons (Fsp3) is 0.100. The lowest BCUT2D eigenvalue weighted by atomic mass is 10.1. The SMILES string of the molecule is CC(=O)c1cccc(NC(=O)c2cnc(NCc3ccccc3)cn2)c1. The van der Waals surface area contributed by atoms with E-state index in [9.17, 15) is 9.59 Å². The Hall–Kier alpha value is -3.54. The van der Waals surface area contributed by atoms with Gasteiger partial charge in [-0.2, -0.15) is 0 Å². The average Bonchev–Trinajstić information content (AvgIpc) is 2.68. The summed E-state index contributed by atoms with van der Waals surface area (Å²) in [4.78, 5) is 32.0. The third-order valence-corrected chi connectivity index (χ3v) is 3.73. The number of nitrogens with one attached hydrogen (secondary N) is 2. The predicted octanol–water partition coefficient (Wildman–Crippen LogP) is 3.54. The van der Waals surface area contributed by atoms with Gasteiger partial charge < -0.3 is 10.6 Å². The van der Waals surface area contributed by atoms with Gasteiger partial charge in [-0.15, -0.1) is 0 Å². The summed E-state index contributed by atoms with van der Waals surface area (Å²) in [6.07, 6.45) is 2.93. The molecule has 0 unspecified atom stereocenters. The summed E-state index contributed by atoms with van der Waals surface area (Å²) < 4.78 is 0. The maximum Gasteiger partial charge on any atom is 0.275 e. The highest BCUT2D eigenvalue weighted by Crippen LogP contribution is 2.13. The highest BCUT2D eigenvalue weighted by Gasteiger charge is 2.09. The quantitative estimate of drug-likeness (QED) is 0.667. The average molecular weight is 346 g/mol. The second kappa shape index (κ2) is 8.02. The molecule has 0 saturated carbocycles. The van der Waals surface area contributed by atoms with Gasteiger partial charge in [-0.1, -0.05) is 42.5 Å². The molecular weight excluding hydrogens is 328 g/mol. The molecule has 0 bridgehead atoms. The fourth-order valence-electron chi connectivity index (χ4n) is 2.34. The van der Waals surface area contributed by atoms with Crippen LogP contribution in [0.3, 0.4) is 0 Å². The Morgan fingerprint density at radius 1 is 0.962 bits per heavy atom. The number of Topliss-reactive ketones (excluding diaryl/α,β-unsaturated/α-hetero) is 1. The number of aromatic nitrogens is 2. The van der Waals surface area contributed by atoms with Gasteiger partial charge >= 0.3 is 0 Å². The highest BCUT2D eigenvalue weighted by atomic mass is 16.2. The zero-order valence-electron chi connectivity index (χ0n) is 14.3. The minimum atomic E-state index is -0.382. The summed E-state index contributed by atoms with van der Waals surface area (Å²) in [6, 6.07) is 16.7. The van der Waals surface area contributed by atoms with Crippen molar-refractivity contribution in [1.29, 1.82) is 0 Å². The summed E-state index contributed by atoms with van der Waals surface area (Å²) in [5, 5.41) is 5.87. The number of amides is 1. The number of hydrogen-bond donors (Lipinski definition) is 2. The van der Waals surface area contributed by atoms with Crippen LogP contribution in [0.5, 0.6) is 0 Å². The van der Waals surface area contributed by atoms with Crippen molar-refractivity contribution in [2.45, 2.75) is 13.5 Å². The lowest BCUT2D eigenvalue weighted by Gasteiger charge is -2.07. The van der Waals surface area contributed by atoms with Gasteiger partial charge in [0.2, 0.25) is 0 Å². The maximum absolute atomic E-state index is 12.3. The van der Waals surface area contributed by atoms with Crippen molar-refractivity contribution in [3.8, 4) is 0 Å². The van der Waals surface area contributed by atoms with E-state index < -0.39 is 0 Å². The van der Waals surface area contributed by atoms with Crippen molar-refractivity contribution in [1.82, 2.24) is 9.97 Å². The molecule has 1 aromatic heterocycles. The monoisotopic (exact) mass is 346 g/mol. The molecule has 1 heterocycles. The van der Waals surface area contributed by atoms with Gasteiger partial charge in [0, 0.05) is 17.8 Å². The normalized spacial score (nSPS) is 10.2. The molecule has 0 aliphatic heterocycles. The van der Waals surface area contributed by atoms with E-state index in [-0.39, 0.29) is 17.4 Å². The minimum absolute atomic E-state index is 0.0604. The molecule has 3 rings (SSSR count). The van der Waals surface area contributed by atoms with Crippen molar-refractivity contribution in [3.63, 3.8) is 0 Å². The van der Waals surface area contributed by atoms with Crippen molar-refractivity contribution in [2.24, 2.45) is 0 Å². The molecule has 26 heavy (non-hydrogen) atoms. The van der Waals surface area contributed by atoms with E-state index >= 15 is 0 Å². The Balaban J connectivity index is 1.61. The van der Waals surface area contributed by atoms with Crippen molar-refractivity contribution >= 4 is 23.2 Å². The molecule has 0 radical (unpaired) electrons. The molecule has 2 aromatic carbocycles. The van der Waals surface area contributed by atoms with E-state index in [1.165, 1.54) is 19.3 Å². The first-order chi connectivity index (χ1) is 12.6. The second-order valence-electron chi connectivity index (χ2n) is 5.72.